The lowest BCUT2D eigenvalue weighted by Gasteiger charge is -2.09. The van der Waals surface area contributed by atoms with E-state index >= 15 is 0 Å². The summed E-state index contributed by atoms with van der Waals surface area (Å²) in [5.74, 6) is 0. The zero-order chi connectivity index (χ0) is 9.94. The highest BCUT2D eigenvalue weighted by Crippen LogP contribution is 1.90. The van der Waals surface area contributed by atoms with Gasteiger partial charge >= 0.3 is 0 Å². The molecular weight excluding hydrogens is 182 g/mol. The number of hydrogen-bond donors (Lipinski definition) is 1. The maximum Gasteiger partial charge on any atom is 0.149 e. The summed E-state index contributed by atoms with van der Waals surface area (Å²) in [7, 11) is 0.765. The van der Waals surface area contributed by atoms with Gasteiger partial charge in [-0.2, -0.15) is 0 Å². The smallest absolute Gasteiger partial charge is 0.149 e. The minimum Gasteiger partial charge on any atom is -0.404 e. The van der Waals surface area contributed by atoms with Gasteiger partial charge in [0.25, 0.3) is 0 Å². The Labute approximate surface area is 84.7 Å². The van der Waals surface area contributed by atoms with Crippen LogP contribution in [0.4, 0.5) is 0 Å². The minimum absolute atomic E-state index is 0.0154. The van der Waals surface area contributed by atoms with Crippen molar-refractivity contribution in [2.24, 2.45) is 0 Å². The normalized spacial score (nSPS) is 18.0. The van der Waals surface area contributed by atoms with Crippen LogP contribution in [0.3, 0.4) is 0 Å². The summed E-state index contributed by atoms with van der Waals surface area (Å²) in [6.07, 6.45) is 3.86. The van der Waals surface area contributed by atoms with Crippen molar-refractivity contribution in [2.45, 2.75) is 39.4 Å². The highest BCUT2D eigenvalue weighted by molar-refractivity contribution is 5.98. The molecule has 1 unspecified atom stereocenters. The molecule has 1 heterocycles. The molecule has 1 rings (SSSR count). The quantitative estimate of drug-likeness (QED) is 0.533. The van der Waals surface area contributed by atoms with E-state index < -0.39 is 0 Å². The van der Waals surface area contributed by atoms with E-state index in [0.29, 0.717) is 0 Å². The largest absolute Gasteiger partial charge is 0.404 e. The van der Waals surface area contributed by atoms with Gasteiger partial charge in [0.05, 0.1) is 0 Å². The van der Waals surface area contributed by atoms with Gasteiger partial charge in [-0.15, -0.1) is 0 Å². The SMILES string of the molecule is C1CCNC1.CCCOC(C)O[SiH3]. The van der Waals surface area contributed by atoms with Crippen molar-refractivity contribution in [1.82, 2.24) is 5.32 Å². The Bertz CT molecular complexity index is 92.0. The van der Waals surface area contributed by atoms with Crippen LogP contribution in [0.5, 0.6) is 0 Å². The fraction of sp³-hybridized carbons (Fsp3) is 1.00. The van der Waals surface area contributed by atoms with E-state index in [1.54, 1.807) is 0 Å². The van der Waals surface area contributed by atoms with Gasteiger partial charge in [-0.3, -0.25) is 0 Å². The fourth-order valence-corrected chi connectivity index (χ4v) is 1.11. The lowest BCUT2D eigenvalue weighted by molar-refractivity contribution is -0.0624. The summed E-state index contributed by atoms with van der Waals surface area (Å²) in [6.45, 7) is 7.31. The van der Waals surface area contributed by atoms with E-state index in [-0.39, 0.29) is 6.29 Å². The van der Waals surface area contributed by atoms with Gasteiger partial charge < -0.3 is 14.5 Å². The minimum atomic E-state index is 0.0154. The van der Waals surface area contributed by atoms with Crippen molar-refractivity contribution in [2.75, 3.05) is 19.7 Å². The zero-order valence-electron chi connectivity index (χ0n) is 9.14. The molecule has 0 saturated carbocycles. The molecule has 0 aromatic rings. The molecular formula is C9H23NO2Si. The molecule has 13 heavy (non-hydrogen) atoms. The predicted octanol–water partition coefficient (Wildman–Crippen LogP) is 0.426. The average Bonchev–Trinajstić information content (AvgIpc) is 2.72. The third kappa shape index (κ3) is 10.0. The monoisotopic (exact) mass is 205 g/mol. The summed E-state index contributed by atoms with van der Waals surface area (Å²) >= 11 is 0. The first-order chi connectivity index (χ1) is 6.31. The maximum atomic E-state index is 5.15. The standard InChI is InChI=1S/C5H14O2Si.C4H9N/c1-3-4-6-5(2)7-8;1-2-4-5-3-1/h5H,3-4H2,1-2,8H3;5H,1-4H2. The van der Waals surface area contributed by atoms with Gasteiger partial charge in [0.15, 0.2) is 0 Å². The predicted molar refractivity (Wildman–Crippen MR) is 58.8 cm³/mol. The highest BCUT2D eigenvalue weighted by atomic mass is 28.2. The van der Waals surface area contributed by atoms with E-state index in [9.17, 15) is 0 Å². The lowest BCUT2D eigenvalue weighted by atomic mass is 10.4. The van der Waals surface area contributed by atoms with Gasteiger partial charge in [-0.25, -0.2) is 0 Å². The first-order valence-corrected chi connectivity index (χ1v) is 5.98. The Morgan fingerprint density at radius 1 is 1.38 bits per heavy atom. The van der Waals surface area contributed by atoms with E-state index in [0.717, 1.165) is 23.5 Å². The third-order valence-corrected chi connectivity index (χ3v) is 2.51. The Morgan fingerprint density at radius 3 is 2.31 bits per heavy atom. The van der Waals surface area contributed by atoms with Crippen molar-refractivity contribution in [1.29, 1.82) is 0 Å². The lowest BCUT2D eigenvalue weighted by Crippen LogP contribution is -2.11. The number of hydrogen-bond acceptors (Lipinski definition) is 3. The molecule has 1 atom stereocenters. The maximum absolute atomic E-state index is 5.15. The van der Waals surface area contributed by atoms with Crippen LogP contribution in [0.15, 0.2) is 0 Å². The highest BCUT2D eigenvalue weighted by Gasteiger charge is 1.93. The molecule has 0 bridgehead atoms. The summed E-state index contributed by atoms with van der Waals surface area (Å²) < 4.78 is 10.1. The summed E-state index contributed by atoms with van der Waals surface area (Å²) in [5.41, 5.74) is 0. The van der Waals surface area contributed by atoms with Crippen LogP contribution in [-0.2, 0) is 9.16 Å². The van der Waals surface area contributed by atoms with Gasteiger partial charge in [0, 0.05) is 6.61 Å². The Balaban J connectivity index is 0.000000243. The van der Waals surface area contributed by atoms with Crippen LogP contribution in [-0.4, -0.2) is 36.5 Å². The second-order valence-corrected chi connectivity index (χ2v) is 3.60. The van der Waals surface area contributed by atoms with Crippen molar-refractivity contribution in [3.63, 3.8) is 0 Å². The first kappa shape index (κ1) is 13.1. The summed E-state index contributed by atoms with van der Waals surface area (Å²) in [5, 5.41) is 3.22. The number of rotatable bonds is 4. The second kappa shape index (κ2) is 10.2. The fourth-order valence-electron chi connectivity index (χ4n) is 0.977. The molecule has 0 aliphatic carbocycles. The molecule has 1 aliphatic rings. The van der Waals surface area contributed by atoms with E-state index in [4.69, 9.17) is 9.16 Å². The second-order valence-electron chi connectivity index (χ2n) is 3.13. The number of nitrogens with one attached hydrogen (secondary N) is 1. The third-order valence-electron chi connectivity index (χ3n) is 1.85. The zero-order valence-corrected chi connectivity index (χ0v) is 11.1. The van der Waals surface area contributed by atoms with Crippen LogP contribution in [0.2, 0.25) is 0 Å². The molecule has 4 heteroatoms. The van der Waals surface area contributed by atoms with Crippen LogP contribution in [0.25, 0.3) is 0 Å². The summed E-state index contributed by atoms with van der Waals surface area (Å²) in [4.78, 5) is 0. The van der Waals surface area contributed by atoms with Crippen molar-refractivity contribution >= 4 is 10.5 Å². The van der Waals surface area contributed by atoms with Gasteiger partial charge in [-0.1, -0.05) is 6.92 Å². The van der Waals surface area contributed by atoms with Crippen molar-refractivity contribution in [3.05, 3.63) is 0 Å². The molecule has 80 valence electrons. The van der Waals surface area contributed by atoms with E-state index in [2.05, 4.69) is 12.2 Å². The van der Waals surface area contributed by atoms with Crippen molar-refractivity contribution in [3.8, 4) is 0 Å². The van der Waals surface area contributed by atoms with Crippen LogP contribution >= 0.6 is 0 Å². The molecule has 0 amide bonds. The molecule has 1 saturated heterocycles. The van der Waals surface area contributed by atoms with Crippen LogP contribution in [0, 0.1) is 0 Å². The molecule has 0 aromatic carbocycles. The van der Waals surface area contributed by atoms with Crippen molar-refractivity contribution < 1.29 is 9.16 Å². The summed E-state index contributed by atoms with van der Waals surface area (Å²) in [6, 6.07) is 0. The molecule has 1 N–H and O–H groups in total. The first-order valence-electron chi connectivity index (χ1n) is 5.16. The molecule has 1 fully saturated rings. The Hall–Kier alpha value is 0.0969. The Morgan fingerprint density at radius 2 is 2.00 bits per heavy atom. The molecule has 0 aromatic heterocycles. The molecule has 1 aliphatic heterocycles. The van der Waals surface area contributed by atoms with Gasteiger partial charge in [0.2, 0.25) is 0 Å². The number of ether oxygens (including phenoxy) is 1. The van der Waals surface area contributed by atoms with Crippen LogP contribution < -0.4 is 5.32 Å². The van der Waals surface area contributed by atoms with E-state index in [1.165, 1.54) is 25.9 Å². The molecule has 3 nitrogen and oxygen atoms in total. The van der Waals surface area contributed by atoms with Crippen LogP contribution in [0.1, 0.15) is 33.1 Å². The van der Waals surface area contributed by atoms with Gasteiger partial charge in [-0.05, 0) is 39.3 Å². The van der Waals surface area contributed by atoms with Gasteiger partial charge in [0.1, 0.15) is 16.8 Å². The topological polar surface area (TPSA) is 30.5 Å². The molecule has 0 radical (unpaired) electrons. The molecule has 0 spiro atoms. The van der Waals surface area contributed by atoms with E-state index in [1.807, 2.05) is 6.92 Å². The Kier molecular flexibility index (Phi) is 10.3. The average molecular weight is 205 g/mol.